The van der Waals surface area contributed by atoms with Gasteiger partial charge in [-0.05, 0) is 6.26 Å². The third kappa shape index (κ3) is 1.57. The maximum atomic E-state index is 10.6. The third-order valence-corrected chi connectivity index (χ3v) is 2.69. The predicted octanol–water partition coefficient (Wildman–Crippen LogP) is 0.898. The predicted molar refractivity (Wildman–Crippen MR) is 46.7 cm³/mol. The highest BCUT2D eigenvalue weighted by Gasteiger charge is 2.19. The molecule has 0 saturated carbocycles. The lowest BCUT2D eigenvalue weighted by Crippen LogP contribution is -2.13. The standard InChI is InChI=1S/C4H5IN2OS/c1-9-4-6-3(8)2-7(4)5/h2H2,1H3. The zero-order valence-electron chi connectivity index (χ0n) is 4.80. The van der Waals surface area contributed by atoms with Gasteiger partial charge in [0.25, 0.3) is 5.91 Å². The zero-order valence-corrected chi connectivity index (χ0v) is 7.77. The van der Waals surface area contributed by atoms with Gasteiger partial charge < -0.3 is 0 Å². The summed E-state index contributed by atoms with van der Waals surface area (Å²) in [4.78, 5) is 14.3. The number of rotatable bonds is 0. The second-order valence-electron chi connectivity index (χ2n) is 1.51. The molecule has 0 spiro atoms. The van der Waals surface area contributed by atoms with Crippen LogP contribution in [0.4, 0.5) is 0 Å². The van der Waals surface area contributed by atoms with E-state index in [9.17, 15) is 4.79 Å². The van der Waals surface area contributed by atoms with Gasteiger partial charge in [0.15, 0.2) is 5.17 Å². The summed E-state index contributed by atoms with van der Waals surface area (Å²) in [6.07, 6.45) is 1.91. The second kappa shape index (κ2) is 2.87. The van der Waals surface area contributed by atoms with E-state index < -0.39 is 0 Å². The molecule has 0 aromatic carbocycles. The Bertz CT molecular complexity index is 170. The fourth-order valence-electron chi connectivity index (χ4n) is 0.527. The van der Waals surface area contributed by atoms with Crippen LogP contribution in [0, 0.1) is 0 Å². The fourth-order valence-corrected chi connectivity index (χ4v) is 1.97. The van der Waals surface area contributed by atoms with Gasteiger partial charge in [-0.1, -0.05) is 11.8 Å². The zero-order chi connectivity index (χ0) is 6.85. The van der Waals surface area contributed by atoms with Gasteiger partial charge in [-0.25, -0.2) is 0 Å². The number of amidine groups is 1. The number of aliphatic imine (C=N–C) groups is 1. The Morgan fingerprint density at radius 3 is 2.78 bits per heavy atom. The van der Waals surface area contributed by atoms with Crippen molar-refractivity contribution in [2.75, 3.05) is 12.8 Å². The summed E-state index contributed by atoms with van der Waals surface area (Å²) in [6, 6.07) is 0. The van der Waals surface area contributed by atoms with Crippen molar-refractivity contribution >= 4 is 45.7 Å². The molecule has 1 aliphatic rings. The van der Waals surface area contributed by atoms with E-state index in [1.807, 2.05) is 9.37 Å². The quantitative estimate of drug-likeness (QED) is 0.476. The van der Waals surface area contributed by atoms with E-state index in [1.165, 1.54) is 11.8 Å². The van der Waals surface area contributed by atoms with Crippen molar-refractivity contribution in [3.05, 3.63) is 0 Å². The van der Waals surface area contributed by atoms with E-state index in [0.717, 1.165) is 5.17 Å². The monoisotopic (exact) mass is 256 g/mol. The van der Waals surface area contributed by atoms with Crippen molar-refractivity contribution in [3.63, 3.8) is 0 Å². The molecule has 0 saturated heterocycles. The van der Waals surface area contributed by atoms with Crippen molar-refractivity contribution in [1.82, 2.24) is 3.11 Å². The summed E-state index contributed by atoms with van der Waals surface area (Å²) in [7, 11) is 0. The Morgan fingerprint density at radius 1 is 1.89 bits per heavy atom. The van der Waals surface area contributed by atoms with E-state index >= 15 is 0 Å². The van der Waals surface area contributed by atoms with Gasteiger partial charge in [0.1, 0.15) is 6.54 Å². The van der Waals surface area contributed by atoms with E-state index in [0.29, 0.717) is 6.54 Å². The number of halogens is 1. The Labute approximate surface area is 71.4 Å². The Balaban J connectivity index is 2.68. The average molecular weight is 256 g/mol. The van der Waals surface area contributed by atoms with Crippen LogP contribution in [0.2, 0.25) is 0 Å². The molecule has 0 fully saturated rings. The maximum Gasteiger partial charge on any atom is 0.268 e. The Kier molecular flexibility index (Phi) is 2.34. The molecule has 0 radical (unpaired) electrons. The van der Waals surface area contributed by atoms with Gasteiger partial charge in [0.2, 0.25) is 0 Å². The Hall–Kier alpha value is 0.220. The number of hydrogen-bond acceptors (Lipinski definition) is 3. The normalized spacial score (nSPS) is 18.7. The average Bonchev–Trinajstić information content (AvgIpc) is 2.10. The summed E-state index contributed by atoms with van der Waals surface area (Å²) in [5.41, 5.74) is 0. The van der Waals surface area contributed by atoms with Crippen LogP contribution in [-0.4, -0.2) is 27.0 Å². The minimum atomic E-state index is -0.0475. The lowest BCUT2D eigenvalue weighted by Gasteiger charge is -2.04. The van der Waals surface area contributed by atoms with Gasteiger partial charge in [0.05, 0.1) is 22.9 Å². The SMILES string of the molecule is CSC1=NC(=O)CN1I. The topological polar surface area (TPSA) is 32.7 Å². The van der Waals surface area contributed by atoms with E-state index in [-0.39, 0.29) is 5.91 Å². The number of carbonyl (C=O) groups excluding carboxylic acids is 1. The maximum absolute atomic E-state index is 10.6. The van der Waals surface area contributed by atoms with Crippen molar-refractivity contribution < 1.29 is 4.79 Å². The molecular weight excluding hydrogens is 251 g/mol. The van der Waals surface area contributed by atoms with Gasteiger partial charge in [-0.2, -0.15) is 4.99 Å². The molecule has 5 heteroatoms. The molecule has 1 heterocycles. The summed E-state index contributed by atoms with van der Waals surface area (Å²) >= 11 is 3.56. The summed E-state index contributed by atoms with van der Waals surface area (Å²) < 4.78 is 1.81. The summed E-state index contributed by atoms with van der Waals surface area (Å²) in [5.74, 6) is -0.0475. The molecule has 1 amide bonds. The van der Waals surface area contributed by atoms with Crippen LogP contribution >= 0.6 is 34.6 Å². The fraction of sp³-hybridized carbons (Fsp3) is 0.500. The smallest absolute Gasteiger partial charge is 0.268 e. The molecule has 0 N–H and O–H groups in total. The lowest BCUT2D eigenvalue weighted by molar-refractivity contribution is -0.116. The third-order valence-electron chi connectivity index (χ3n) is 0.885. The van der Waals surface area contributed by atoms with Crippen LogP contribution in [-0.2, 0) is 4.79 Å². The van der Waals surface area contributed by atoms with E-state index in [1.54, 1.807) is 0 Å². The Morgan fingerprint density at radius 2 is 2.56 bits per heavy atom. The first-order chi connectivity index (χ1) is 4.24. The van der Waals surface area contributed by atoms with Crippen LogP contribution in [0.5, 0.6) is 0 Å². The molecule has 0 aromatic rings. The molecule has 0 aliphatic carbocycles. The van der Waals surface area contributed by atoms with Crippen LogP contribution in [0.25, 0.3) is 0 Å². The van der Waals surface area contributed by atoms with Gasteiger partial charge in [-0.15, -0.1) is 0 Å². The molecule has 0 unspecified atom stereocenters. The van der Waals surface area contributed by atoms with Crippen molar-refractivity contribution in [2.24, 2.45) is 4.99 Å². The largest absolute Gasteiger partial charge is 0.284 e. The second-order valence-corrected chi connectivity index (χ2v) is 3.45. The molecule has 1 aliphatic heterocycles. The van der Waals surface area contributed by atoms with Gasteiger partial charge in [-0.3, -0.25) is 7.91 Å². The highest BCUT2D eigenvalue weighted by molar-refractivity contribution is 14.1. The minimum absolute atomic E-state index is 0.0475. The highest BCUT2D eigenvalue weighted by atomic mass is 127. The molecule has 1 rings (SSSR count). The van der Waals surface area contributed by atoms with Crippen LogP contribution in [0.15, 0.2) is 4.99 Å². The molecule has 0 aromatic heterocycles. The van der Waals surface area contributed by atoms with Crippen molar-refractivity contribution in [3.8, 4) is 0 Å². The first-order valence-corrected chi connectivity index (χ1v) is 4.52. The molecule has 0 atom stereocenters. The first-order valence-electron chi connectivity index (χ1n) is 2.33. The lowest BCUT2D eigenvalue weighted by atomic mass is 10.7. The minimum Gasteiger partial charge on any atom is -0.284 e. The highest BCUT2D eigenvalue weighted by Crippen LogP contribution is 2.15. The molecule has 0 bridgehead atoms. The number of amides is 1. The van der Waals surface area contributed by atoms with Crippen molar-refractivity contribution in [1.29, 1.82) is 0 Å². The number of nitrogens with zero attached hydrogens (tertiary/aromatic N) is 2. The van der Waals surface area contributed by atoms with Crippen LogP contribution in [0.1, 0.15) is 0 Å². The molecule has 50 valence electrons. The van der Waals surface area contributed by atoms with Crippen molar-refractivity contribution in [2.45, 2.75) is 0 Å². The summed E-state index contributed by atoms with van der Waals surface area (Å²) in [6.45, 7) is 0.427. The number of carbonyl (C=O) groups is 1. The molecule has 3 nitrogen and oxygen atoms in total. The summed E-state index contributed by atoms with van der Waals surface area (Å²) in [5, 5.41) is 0.806. The van der Waals surface area contributed by atoms with Crippen LogP contribution in [0.3, 0.4) is 0 Å². The van der Waals surface area contributed by atoms with E-state index in [4.69, 9.17) is 0 Å². The van der Waals surface area contributed by atoms with Crippen LogP contribution < -0.4 is 0 Å². The van der Waals surface area contributed by atoms with Gasteiger partial charge >= 0.3 is 0 Å². The first kappa shape index (κ1) is 7.33. The van der Waals surface area contributed by atoms with Gasteiger partial charge in [0, 0.05) is 0 Å². The van der Waals surface area contributed by atoms with E-state index in [2.05, 4.69) is 27.9 Å². The molecule has 9 heavy (non-hydrogen) atoms. The number of thioether (sulfide) groups is 1. The number of hydrogen-bond donors (Lipinski definition) is 0. The molecular formula is C4H5IN2OS.